The summed E-state index contributed by atoms with van der Waals surface area (Å²) in [6.07, 6.45) is 0. The first kappa shape index (κ1) is 13.2. The van der Waals surface area contributed by atoms with Crippen LogP contribution in [-0.2, 0) is 0 Å². The Balaban J connectivity index is 1.89. The van der Waals surface area contributed by atoms with Crippen LogP contribution in [0.25, 0.3) is 22.3 Å². The Morgan fingerprint density at radius 1 is 0.818 bits per heavy atom. The van der Waals surface area contributed by atoms with Gasteiger partial charge in [0.05, 0.1) is 5.52 Å². The summed E-state index contributed by atoms with van der Waals surface area (Å²) in [6.45, 7) is 3.96. The van der Waals surface area contributed by atoms with E-state index in [0.717, 1.165) is 54.3 Å². The van der Waals surface area contributed by atoms with Crippen LogP contribution in [0, 0.1) is 0 Å². The van der Waals surface area contributed by atoms with Crippen molar-refractivity contribution in [3.05, 3.63) is 54.6 Å². The molecule has 1 fully saturated rings. The van der Waals surface area contributed by atoms with Crippen molar-refractivity contribution in [1.29, 1.82) is 0 Å². The van der Waals surface area contributed by atoms with Crippen molar-refractivity contribution < 1.29 is 0 Å². The van der Waals surface area contributed by atoms with E-state index in [1.54, 1.807) is 0 Å². The van der Waals surface area contributed by atoms with Gasteiger partial charge in [-0.25, -0.2) is 9.97 Å². The van der Waals surface area contributed by atoms with E-state index in [9.17, 15) is 0 Å². The average molecular weight is 290 g/mol. The summed E-state index contributed by atoms with van der Waals surface area (Å²) in [7, 11) is 0. The number of rotatable bonds is 2. The number of hydrogen-bond acceptors (Lipinski definition) is 4. The molecule has 1 N–H and O–H groups in total. The van der Waals surface area contributed by atoms with E-state index in [1.807, 2.05) is 24.3 Å². The molecule has 0 radical (unpaired) electrons. The van der Waals surface area contributed by atoms with Gasteiger partial charge in [-0.05, 0) is 12.1 Å². The topological polar surface area (TPSA) is 41.1 Å². The van der Waals surface area contributed by atoms with E-state index in [1.165, 1.54) is 0 Å². The highest BCUT2D eigenvalue weighted by atomic mass is 15.2. The Morgan fingerprint density at radius 2 is 1.55 bits per heavy atom. The van der Waals surface area contributed by atoms with E-state index in [2.05, 4.69) is 40.5 Å². The molecular formula is C18H18N4. The molecule has 0 unspecified atom stereocenters. The molecule has 0 spiro atoms. The number of aromatic nitrogens is 2. The summed E-state index contributed by atoms with van der Waals surface area (Å²) < 4.78 is 0. The first-order chi connectivity index (χ1) is 10.9. The maximum absolute atomic E-state index is 4.88. The first-order valence-electron chi connectivity index (χ1n) is 7.70. The lowest BCUT2D eigenvalue weighted by atomic mass is 10.1. The maximum atomic E-state index is 4.88. The highest BCUT2D eigenvalue weighted by Crippen LogP contribution is 2.27. The third kappa shape index (κ3) is 2.42. The van der Waals surface area contributed by atoms with Crippen LogP contribution in [0.5, 0.6) is 0 Å². The number of nitrogens with one attached hydrogen (secondary N) is 1. The Hall–Kier alpha value is -2.46. The van der Waals surface area contributed by atoms with E-state index < -0.39 is 0 Å². The number of nitrogens with zero attached hydrogens (tertiary/aromatic N) is 3. The van der Waals surface area contributed by atoms with Crippen LogP contribution < -0.4 is 10.2 Å². The molecule has 0 amide bonds. The lowest BCUT2D eigenvalue weighted by Gasteiger charge is -2.29. The molecule has 110 valence electrons. The summed E-state index contributed by atoms with van der Waals surface area (Å²) >= 11 is 0. The predicted molar refractivity (Wildman–Crippen MR) is 90.1 cm³/mol. The predicted octanol–water partition coefficient (Wildman–Crippen LogP) is 2.71. The SMILES string of the molecule is c1ccc(-c2nc(N3CCNCC3)c3ccccc3n2)cc1. The minimum absolute atomic E-state index is 0.799. The van der Waals surface area contributed by atoms with Crippen LogP contribution in [0.3, 0.4) is 0 Å². The number of benzene rings is 2. The second-order valence-corrected chi connectivity index (χ2v) is 5.49. The molecule has 1 aromatic heterocycles. The van der Waals surface area contributed by atoms with Crippen molar-refractivity contribution in [2.75, 3.05) is 31.1 Å². The van der Waals surface area contributed by atoms with Crippen LogP contribution in [0.1, 0.15) is 0 Å². The van der Waals surface area contributed by atoms with Crippen molar-refractivity contribution in [2.24, 2.45) is 0 Å². The highest BCUT2D eigenvalue weighted by molar-refractivity contribution is 5.91. The lowest BCUT2D eigenvalue weighted by molar-refractivity contribution is 0.586. The molecule has 2 heterocycles. The van der Waals surface area contributed by atoms with Gasteiger partial charge < -0.3 is 10.2 Å². The largest absolute Gasteiger partial charge is 0.353 e. The molecule has 1 aliphatic heterocycles. The number of hydrogen-bond donors (Lipinski definition) is 1. The van der Waals surface area contributed by atoms with Gasteiger partial charge in [0.2, 0.25) is 0 Å². The zero-order chi connectivity index (χ0) is 14.8. The molecule has 0 atom stereocenters. The smallest absolute Gasteiger partial charge is 0.162 e. The maximum Gasteiger partial charge on any atom is 0.162 e. The molecule has 3 aromatic rings. The van der Waals surface area contributed by atoms with Crippen molar-refractivity contribution in [2.45, 2.75) is 0 Å². The van der Waals surface area contributed by atoms with Crippen molar-refractivity contribution in [3.63, 3.8) is 0 Å². The molecule has 1 aliphatic rings. The molecule has 22 heavy (non-hydrogen) atoms. The van der Waals surface area contributed by atoms with Gasteiger partial charge in [-0.3, -0.25) is 0 Å². The summed E-state index contributed by atoms with van der Waals surface area (Å²) in [4.78, 5) is 12.0. The van der Waals surface area contributed by atoms with E-state index >= 15 is 0 Å². The normalized spacial score (nSPS) is 15.2. The molecule has 2 aromatic carbocycles. The van der Waals surface area contributed by atoms with Gasteiger partial charge in [0.15, 0.2) is 5.82 Å². The van der Waals surface area contributed by atoms with Gasteiger partial charge in [-0.15, -0.1) is 0 Å². The van der Waals surface area contributed by atoms with Gasteiger partial charge in [0, 0.05) is 37.1 Å². The molecule has 4 rings (SSSR count). The number of para-hydroxylation sites is 1. The molecule has 4 heteroatoms. The molecule has 4 nitrogen and oxygen atoms in total. The zero-order valence-corrected chi connectivity index (χ0v) is 12.4. The van der Waals surface area contributed by atoms with Crippen LogP contribution >= 0.6 is 0 Å². The fourth-order valence-corrected chi connectivity index (χ4v) is 2.89. The Bertz CT molecular complexity index is 779. The standard InChI is InChI=1S/C18H18N4/c1-2-6-14(7-3-1)17-20-16-9-5-4-8-15(16)18(21-17)22-12-10-19-11-13-22/h1-9,19H,10-13H2. The summed E-state index contributed by atoms with van der Waals surface area (Å²) in [6, 6.07) is 18.5. The van der Waals surface area contributed by atoms with E-state index in [0.29, 0.717) is 0 Å². The lowest BCUT2D eigenvalue weighted by Crippen LogP contribution is -2.44. The van der Waals surface area contributed by atoms with Crippen molar-refractivity contribution >= 4 is 16.7 Å². The van der Waals surface area contributed by atoms with Crippen LogP contribution in [0.15, 0.2) is 54.6 Å². The molecule has 0 saturated carbocycles. The second kappa shape index (κ2) is 5.73. The van der Waals surface area contributed by atoms with Gasteiger partial charge in [-0.2, -0.15) is 0 Å². The molecular weight excluding hydrogens is 272 g/mol. The highest BCUT2D eigenvalue weighted by Gasteiger charge is 2.17. The molecule has 0 aliphatic carbocycles. The number of anilines is 1. The Labute approximate surface area is 129 Å². The minimum atomic E-state index is 0.799. The summed E-state index contributed by atoms with van der Waals surface area (Å²) in [5.74, 6) is 1.85. The monoisotopic (exact) mass is 290 g/mol. The number of piperazine rings is 1. The number of fused-ring (bicyclic) bond motifs is 1. The van der Waals surface area contributed by atoms with Crippen molar-refractivity contribution in [3.8, 4) is 11.4 Å². The van der Waals surface area contributed by atoms with Crippen molar-refractivity contribution in [1.82, 2.24) is 15.3 Å². The van der Waals surface area contributed by atoms with Gasteiger partial charge in [0.25, 0.3) is 0 Å². The van der Waals surface area contributed by atoms with E-state index in [4.69, 9.17) is 9.97 Å². The van der Waals surface area contributed by atoms with Crippen LogP contribution in [-0.4, -0.2) is 36.1 Å². The van der Waals surface area contributed by atoms with Crippen LogP contribution in [0.4, 0.5) is 5.82 Å². The van der Waals surface area contributed by atoms with Gasteiger partial charge in [-0.1, -0.05) is 42.5 Å². The average Bonchev–Trinajstić information content (AvgIpc) is 2.62. The first-order valence-corrected chi connectivity index (χ1v) is 7.70. The zero-order valence-electron chi connectivity index (χ0n) is 12.4. The van der Waals surface area contributed by atoms with Gasteiger partial charge >= 0.3 is 0 Å². The summed E-state index contributed by atoms with van der Waals surface area (Å²) in [5.41, 5.74) is 2.06. The quantitative estimate of drug-likeness (QED) is 0.788. The Morgan fingerprint density at radius 3 is 2.36 bits per heavy atom. The summed E-state index contributed by atoms with van der Waals surface area (Å²) in [5, 5.41) is 4.52. The third-order valence-electron chi connectivity index (χ3n) is 4.03. The Kier molecular flexibility index (Phi) is 3.45. The second-order valence-electron chi connectivity index (χ2n) is 5.49. The van der Waals surface area contributed by atoms with E-state index in [-0.39, 0.29) is 0 Å². The molecule has 0 bridgehead atoms. The third-order valence-corrected chi connectivity index (χ3v) is 4.03. The minimum Gasteiger partial charge on any atom is -0.353 e. The van der Waals surface area contributed by atoms with Crippen LogP contribution in [0.2, 0.25) is 0 Å². The molecule has 1 saturated heterocycles. The van der Waals surface area contributed by atoms with Gasteiger partial charge in [0.1, 0.15) is 5.82 Å². The fraction of sp³-hybridized carbons (Fsp3) is 0.222. The fourth-order valence-electron chi connectivity index (χ4n) is 2.89.